The minimum Gasteiger partial charge on any atom is -0.323 e. The number of carbonyl (C=O) groups is 2. The first-order valence-electron chi connectivity index (χ1n) is 12.1. The molecule has 1 N–H and O–H groups in total. The Morgan fingerprint density at radius 1 is 0.892 bits per heavy atom. The third kappa shape index (κ3) is 3.15. The Morgan fingerprint density at radius 2 is 1.57 bits per heavy atom. The van der Waals surface area contributed by atoms with Crippen LogP contribution in [0, 0.1) is 13.8 Å². The highest BCUT2D eigenvalue weighted by atomic mass is 35.5. The zero-order valence-corrected chi connectivity index (χ0v) is 22.3. The van der Waals surface area contributed by atoms with Gasteiger partial charge in [0.2, 0.25) is 0 Å². The molecular formula is C29H24Cl2N4O2. The molecule has 1 atom stereocenters. The Labute approximate surface area is 224 Å². The summed E-state index contributed by atoms with van der Waals surface area (Å²) in [5.41, 5.74) is 4.65. The lowest BCUT2D eigenvalue weighted by Crippen LogP contribution is -2.51. The van der Waals surface area contributed by atoms with E-state index in [2.05, 4.69) is 5.32 Å². The third-order valence-corrected chi connectivity index (χ3v) is 7.75. The quantitative estimate of drug-likeness (QED) is 0.317. The molecule has 2 aliphatic heterocycles. The molecule has 1 unspecified atom stereocenters. The van der Waals surface area contributed by atoms with E-state index >= 15 is 0 Å². The molecular weight excluding hydrogens is 507 g/mol. The fourth-order valence-corrected chi connectivity index (χ4v) is 6.02. The average Bonchev–Trinajstić information content (AvgIpc) is 3.45. The van der Waals surface area contributed by atoms with E-state index in [1.54, 1.807) is 29.2 Å². The number of amides is 2. The molecule has 6 rings (SSSR count). The fraction of sp³-hybridized carbons (Fsp3) is 0.207. The molecule has 4 aromatic rings. The lowest BCUT2D eigenvalue weighted by Gasteiger charge is -2.36. The summed E-state index contributed by atoms with van der Waals surface area (Å²) in [6.45, 7) is 8.00. The number of halogens is 2. The van der Waals surface area contributed by atoms with Gasteiger partial charge in [0.15, 0.2) is 11.2 Å². The molecule has 3 aromatic carbocycles. The minimum absolute atomic E-state index is 0.0508. The Kier molecular flexibility index (Phi) is 5.27. The minimum atomic E-state index is -1.47. The number of aryl methyl sites for hydroxylation is 2. The smallest absolute Gasteiger partial charge is 0.280 e. The molecule has 0 saturated carbocycles. The molecule has 8 heteroatoms. The predicted molar refractivity (Wildman–Crippen MR) is 146 cm³/mol. The van der Waals surface area contributed by atoms with Gasteiger partial charge in [-0.05, 0) is 61.2 Å². The molecule has 37 heavy (non-hydrogen) atoms. The van der Waals surface area contributed by atoms with Gasteiger partial charge in [0.1, 0.15) is 0 Å². The Balaban J connectivity index is 1.76. The van der Waals surface area contributed by atoms with Crippen molar-refractivity contribution in [3.63, 3.8) is 0 Å². The van der Waals surface area contributed by atoms with E-state index in [0.717, 1.165) is 22.5 Å². The number of benzene rings is 3. The predicted octanol–water partition coefficient (Wildman–Crippen LogP) is 6.78. The van der Waals surface area contributed by atoms with Gasteiger partial charge in [0.25, 0.3) is 11.8 Å². The van der Waals surface area contributed by atoms with Crippen LogP contribution >= 0.6 is 23.2 Å². The molecule has 186 valence electrons. The van der Waals surface area contributed by atoms with Gasteiger partial charge in [-0.1, -0.05) is 67.4 Å². The van der Waals surface area contributed by atoms with E-state index in [0.29, 0.717) is 32.5 Å². The van der Waals surface area contributed by atoms with Crippen LogP contribution in [-0.4, -0.2) is 21.6 Å². The molecule has 6 nitrogen and oxygen atoms in total. The van der Waals surface area contributed by atoms with Crippen LogP contribution in [0.5, 0.6) is 0 Å². The summed E-state index contributed by atoms with van der Waals surface area (Å²) in [5.74, 6) is -0.736. The van der Waals surface area contributed by atoms with Crippen molar-refractivity contribution in [1.29, 1.82) is 0 Å². The molecule has 1 spiro atoms. The highest BCUT2D eigenvalue weighted by Crippen LogP contribution is 2.55. The second kappa shape index (κ2) is 8.20. The maximum atomic E-state index is 14.3. The van der Waals surface area contributed by atoms with Gasteiger partial charge in [-0.15, -0.1) is 0 Å². The summed E-state index contributed by atoms with van der Waals surface area (Å²) < 4.78 is 1.83. The number of nitrogens with zero attached hydrogens (tertiary/aromatic N) is 3. The van der Waals surface area contributed by atoms with Crippen LogP contribution < -0.4 is 10.2 Å². The molecule has 2 amide bonds. The standard InChI is InChI=1S/C29H24Cl2N4O2/c1-15(2)26-24-25(33-35(26)22-8-6-5-7-16(22)3)27(36)34(23-14-19(31)10-9-17(23)4)29(24)20-12-11-18(30)13-21(20)32-28(29)37/h5-15H,1-4H3,(H,32,37). The van der Waals surface area contributed by atoms with Gasteiger partial charge in [-0.2, -0.15) is 5.10 Å². The molecule has 0 fully saturated rings. The lowest BCUT2D eigenvalue weighted by molar-refractivity contribution is -0.119. The van der Waals surface area contributed by atoms with Crippen LogP contribution in [-0.2, 0) is 10.3 Å². The number of nitrogens with one attached hydrogen (secondary N) is 1. The van der Waals surface area contributed by atoms with E-state index in [-0.39, 0.29) is 23.4 Å². The van der Waals surface area contributed by atoms with Crippen molar-refractivity contribution in [3.05, 3.63) is 104 Å². The molecule has 2 aliphatic rings. The number of aromatic nitrogens is 2. The van der Waals surface area contributed by atoms with Crippen molar-refractivity contribution in [2.24, 2.45) is 0 Å². The van der Waals surface area contributed by atoms with Gasteiger partial charge in [-0.3, -0.25) is 14.5 Å². The summed E-state index contributed by atoms with van der Waals surface area (Å²) in [6.07, 6.45) is 0. The Bertz CT molecular complexity index is 1640. The Morgan fingerprint density at radius 3 is 2.30 bits per heavy atom. The van der Waals surface area contributed by atoms with E-state index in [1.807, 2.05) is 68.8 Å². The first kappa shape index (κ1) is 23.8. The van der Waals surface area contributed by atoms with Crippen molar-refractivity contribution < 1.29 is 9.59 Å². The number of carbonyl (C=O) groups excluding carboxylic acids is 2. The van der Waals surface area contributed by atoms with Crippen LogP contribution in [0.15, 0.2) is 60.7 Å². The SMILES string of the molecule is Cc1ccc(Cl)cc1N1C(=O)c2nn(-c3ccccc3C)c(C(C)C)c2C12C(=O)Nc1cc(Cl)ccc12. The highest BCUT2D eigenvalue weighted by molar-refractivity contribution is 6.32. The first-order chi connectivity index (χ1) is 17.7. The molecule has 0 aliphatic carbocycles. The zero-order valence-electron chi connectivity index (χ0n) is 20.8. The van der Waals surface area contributed by atoms with Crippen LogP contribution in [0.4, 0.5) is 11.4 Å². The summed E-state index contributed by atoms with van der Waals surface area (Å²) in [6, 6.07) is 18.5. The summed E-state index contributed by atoms with van der Waals surface area (Å²) in [4.78, 5) is 30.1. The number of rotatable bonds is 3. The van der Waals surface area contributed by atoms with Crippen molar-refractivity contribution >= 4 is 46.4 Å². The fourth-order valence-electron chi connectivity index (χ4n) is 5.68. The van der Waals surface area contributed by atoms with Crippen molar-refractivity contribution in [1.82, 2.24) is 9.78 Å². The largest absolute Gasteiger partial charge is 0.323 e. The van der Waals surface area contributed by atoms with E-state index < -0.39 is 5.54 Å². The van der Waals surface area contributed by atoms with Crippen LogP contribution in [0.1, 0.15) is 58.2 Å². The topological polar surface area (TPSA) is 67.2 Å². The van der Waals surface area contributed by atoms with Crippen molar-refractivity contribution in [2.75, 3.05) is 10.2 Å². The van der Waals surface area contributed by atoms with E-state index in [9.17, 15) is 9.59 Å². The van der Waals surface area contributed by atoms with Gasteiger partial charge < -0.3 is 5.32 Å². The average molecular weight is 531 g/mol. The van der Waals surface area contributed by atoms with E-state index in [4.69, 9.17) is 28.3 Å². The number of para-hydroxylation sites is 1. The molecule has 1 aromatic heterocycles. The maximum absolute atomic E-state index is 14.3. The van der Waals surface area contributed by atoms with Crippen LogP contribution in [0.3, 0.4) is 0 Å². The third-order valence-electron chi connectivity index (χ3n) is 7.27. The van der Waals surface area contributed by atoms with Crippen LogP contribution in [0.2, 0.25) is 10.0 Å². The van der Waals surface area contributed by atoms with Gasteiger partial charge in [0.05, 0.1) is 17.1 Å². The summed E-state index contributed by atoms with van der Waals surface area (Å²) in [5, 5.41) is 8.85. The lowest BCUT2D eigenvalue weighted by atomic mass is 9.81. The maximum Gasteiger partial charge on any atom is 0.280 e. The first-order valence-corrected chi connectivity index (χ1v) is 12.8. The second-order valence-corrected chi connectivity index (χ2v) is 10.8. The normalized spacial score (nSPS) is 18.1. The van der Waals surface area contributed by atoms with Gasteiger partial charge in [0, 0.05) is 26.9 Å². The van der Waals surface area contributed by atoms with Gasteiger partial charge in [-0.25, -0.2) is 4.68 Å². The zero-order chi connectivity index (χ0) is 26.2. The van der Waals surface area contributed by atoms with Gasteiger partial charge >= 0.3 is 0 Å². The molecule has 0 radical (unpaired) electrons. The summed E-state index contributed by atoms with van der Waals surface area (Å²) >= 11 is 12.7. The second-order valence-electron chi connectivity index (χ2n) is 9.89. The summed E-state index contributed by atoms with van der Waals surface area (Å²) in [7, 11) is 0. The number of anilines is 2. The molecule has 0 saturated heterocycles. The molecule has 0 bridgehead atoms. The Hall–Kier alpha value is -3.61. The van der Waals surface area contributed by atoms with E-state index in [1.165, 1.54) is 0 Å². The highest BCUT2D eigenvalue weighted by Gasteiger charge is 2.64. The van der Waals surface area contributed by atoms with Crippen LogP contribution in [0.25, 0.3) is 5.69 Å². The monoisotopic (exact) mass is 530 g/mol. The number of hydrogen-bond donors (Lipinski definition) is 1. The van der Waals surface area contributed by atoms with Crippen molar-refractivity contribution in [3.8, 4) is 5.69 Å². The number of hydrogen-bond acceptors (Lipinski definition) is 3. The number of fused-ring (bicyclic) bond motifs is 4. The molecule has 3 heterocycles. The van der Waals surface area contributed by atoms with Crippen molar-refractivity contribution in [2.45, 2.75) is 39.2 Å².